The molecule has 1 heterocycles. The quantitative estimate of drug-likeness (QED) is 0.608. The van der Waals surface area contributed by atoms with E-state index in [0.29, 0.717) is 12.8 Å². The van der Waals surface area contributed by atoms with Crippen LogP contribution in [-0.4, -0.2) is 53.6 Å². The van der Waals surface area contributed by atoms with Gasteiger partial charge in [-0.1, -0.05) is 29.8 Å². The highest BCUT2D eigenvalue weighted by Gasteiger charge is 2.47. The summed E-state index contributed by atoms with van der Waals surface area (Å²) in [6.45, 7) is 5.35. The molecule has 2 atom stereocenters. The largest absolute Gasteiger partial charge is 0.335 e. The van der Waals surface area contributed by atoms with Crippen LogP contribution in [0.25, 0.3) is 0 Å². The van der Waals surface area contributed by atoms with Crippen molar-refractivity contribution >= 4 is 29.3 Å². The molecule has 2 aliphatic rings. The molecule has 7 heteroatoms. The van der Waals surface area contributed by atoms with Crippen LogP contribution in [0.15, 0.2) is 24.3 Å². The lowest BCUT2D eigenvalue weighted by Gasteiger charge is -2.21. The Balaban J connectivity index is 1.59. The summed E-state index contributed by atoms with van der Waals surface area (Å²) in [6.07, 6.45) is 4.88. The number of carbonyl (C=O) groups is 4. The third-order valence-electron chi connectivity index (χ3n) is 5.64. The number of allylic oxidation sites excluding steroid dienone is 2. The molecule has 1 fully saturated rings. The highest BCUT2D eigenvalue weighted by atomic mass is 16.2. The lowest BCUT2D eigenvalue weighted by atomic mass is 9.85. The second-order valence-electron chi connectivity index (χ2n) is 7.99. The molecule has 29 heavy (non-hydrogen) atoms. The first-order valence-corrected chi connectivity index (χ1v) is 9.81. The number of rotatable bonds is 5. The Hall–Kier alpha value is -2.96. The predicted molar refractivity (Wildman–Crippen MR) is 109 cm³/mol. The summed E-state index contributed by atoms with van der Waals surface area (Å²) in [7, 11) is 1.50. The highest BCUT2D eigenvalue weighted by molar-refractivity contribution is 6.07. The molecule has 1 aromatic rings. The number of carbonyl (C=O) groups excluding carboxylic acids is 4. The number of amides is 4. The number of nitrogens with one attached hydrogen (secondary N) is 1. The van der Waals surface area contributed by atoms with E-state index in [0.717, 1.165) is 27.3 Å². The maximum Gasteiger partial charge on any atom is 0.243 e. The number of fused-ring (bicyclic) bond motifs is 1. The van der Waals surface area contributed by atoms with Crippen LogP contribution in [0.2, 0.25) is 0 Å². The number of hydrogen-bond acceptors (Lipinski definition) is 4. The first-order valence-electron chi connectivity index (χ1n) is 9.81. The van der Waals surface area contributed by atoms with Crippen LogP contribution >= 0.6 is 0 Å². The van der Waals surface area contributed by atoms with Gasteiger partial charge < -0.3 is 10.2 Å². The summed E-state index contributed by atoms with van der Waals surface area (Å²) in [5, 5.41) is 2.85. The van der Waals surface area contributed by atoms with E-state index in [2.05, 4.69) is 5.32 Å². The molecule has 0 spiro atoms. The number of likely N-dealkylation sites (N-methyl/N-ethyl adjacent to an activating group) is 1. The maximum atomic E-state index is 12.5. The van der Waals surface area contributed by atoms with Crippen molar-refractivity contribution in [2.75, 3.05) is 25.5 Å². The van der Waals surface area contributed by atoms with E-state index in [1.54, 1.807) is 0 Å². The van der Waals surface area contributed by atoms with Gasteiger partial charge in [0.15, 0.2) is 0 Å². The molecule has 0 aromatic heterocycles. The standard InChI is InChI=1S/C22H27N3O4/c1-13-9-14(2)20(15(3)10-13)23-18(26)11-24(4)19(27)12-25-21(28)16-7-5-6-8-17(16)22(25)29/h5-6,9-10,16-17H,7-8,11-12H2,1-4H3,(H,23,26)/t16-,17-/m1/s1. The van der Waals surface area contributed by atoms with Crippen LogP contribution in [0.3, 0.4) is 0 Å². The third-order valence-corrected chi connectivity index (χ3v) is 5.64. The maximum absolute atomic E-state index is 12.5. The van der Waals surface area contributed by atoms with E-state index in [9.17, 15) is 19.2 Å². The highest BCUT2D eigenvalue weighted by Crippen LogP contribution is 2.34. The van der Waals surface area contributed by atoms with E-state index in [1.807, 2.05) is 45.1 Å². The van der Waals surface area contributed by atoms with Gasteiger partial charge in [0, 0.05) is 12.7 Å². The summed E-state index contributed by atoms with van der Waals surface area (Å²) in [6, 6.07) is 3.97. The van der Waals surface area contributed by atoms with Gasteiger partial charge in [-0.05, 0) is 44.7 Å². The van der Waals surface area contributed by atoms with E-state index in [1.165, 1.54) is 11.9 Å². The molecule has 0 bridgehead atoms. The monoisotopic (exact) mass is 397 g/mol. The van der Waals surface area contributed by atoms with Gasteiger partial charge in [-0.2, -0.15) is 0 Å². The Bertz CT molecular complexity index is 856. The smallest absolute Gasteiger partial charge is 0.243 e. The predicted octanol–water partition coefficient (Wildman–Crippen LogP) is 1.96. The van der Waals surface area contributed by atoms with Crippen molar-refractivity contribution in [2.45, 2.75) is 33.6 Å². The molecule has 1 N–H and O–H groups in total. The van der Waals surface area contributed by atoms with E-state index >= 15 is 0 Å². The van der Waals surface area contributed by atoms with Crippen LogP contribution < -0.4 is 5.32 Å². The fraction of sp³-hybridized carbons (Fsp3) is 0.455. The van der Waals surface area contributed by atoms with Gasteiger partial charge in [-0.25, -0.2) is 0 Å². The van der Waals surface area contributed by atoms with Crippen molar-refractivity contribution in [3.63, 3.8) is 0 Å². The molecule has 0 saturated carbocycles. The second kappa shape index (κ2) is 8.19. The van der Waals surface area contributed by atoms with Gasteiger partial charge in [0.25, 0.3) is 0 Å². The number of anilines is 1. The fourth-order valence-corrected chi connectivity index (χ4v) is 4.14. The van der Waals surface area contributed by atoms with Crippen molar-refractivity contribution in [3.8, 4) is 0 Å². The van der Waals surface area contributed by atoms with Gasteiger partial charge in [0.05, 0.1) is 18.4 Å². The third kappa shape index (κ3) is 4.23. The molecule has 1 aromatic carbocycles. The van der Waals surface area contributed by atoms with Crippen molar-refractivity contribution < 1.29 is 19.2 Å². The van der Waals surface area contributed by atoms with Gasteiger partial charge in [-0.15, -0.1) is 0 Å². The summed E-state index contributed by atoms with van der Waals surface area (Å²) in [5.74, 6) is -2.07. The molecular formula is C22H27N3O4. The Morgan fingerprint density at radius 1 is 1.03 bits per heavy atom. The Labute approximate surface area is 170 Å². The number of hydrogen-bond donors (Lipinski definition) is 1. The second-order valence-corrected chi connectivity index (χ2v) is 7.99. The lowest BCUT2D eigenvalue weighted by Crippen LogP contribution is -2.44. The summed E-state index contributed by atoms with van der Waals surface area (Å²) >= 11 is 0. The zero-order chi connectivity index (χ0) is 21.3. The molecule has 3 rings (SSSR count). The summed E-state index contributed by atoms with van der Waals surface area (Å²) in [4.78, 5) is 52.3. The molecular weight excluding hydrogens is 370 g/mol. The lowest BCUT2D eigenvalue weighted by molar-refractivity contribution is -0.146. The average molecular weight is 397 g/mol. The molecule has 154 valence electrons. The minimum Gasteiger partial charge on any atom is -0.335 e. The number of benzene rings is 1. The van der Waals surface area contributed by atoms with Crippen LogP contribution in [0.5, 0.6) is 0 Å². The molecule has 1 saturated heterocycles. The van der Waals surface area contributed by atoms with Gasteiger partial charge >= 0.3 is 0 Å². The average Bonchev–Trinajstić information content (AvgIpc) is 2.90. The molecule has 1 aliphatic heterocycles. The molecule has 0 unspecified atom stereocenters. The zero-order valence-electron chi connectivity index (χ0n) is 17.3. The van der Waals surface area contributed by atoms with Crippen LogP contribution in [0.4, 0.5) is 5.69 Å². The number of imide groups is 1. The Morgan fingerprint density at radius 2 is 1.55 bits per heavy atom. The Kier molecular flexibility index (Phi) is 5.86. The number of nitrogens with zero attached hydrogens (tertiary/aromatic N) is 2. The molecule has 0 radical (unpaired) electrons. The van der Waals surface area contributed by atoms with Crippen molar-refractivity contribution in [1.29, 1.82) is 0 Å². The van der Waals surface area contributed by atoms with Crippen molar-refractivity contribution in [2.24, 2.45) is 11.8 Å². The van der Waals surface area contributed by atoms with E-state index in [4.69, 9.17) is 0 Å². The van der Waals surface area contributed by atoms with E-state index < -0.39 is 5.91 Å². The first-order chi connectivity index (χ1) is 13.7. The van der Waals surface area contributed by atoms with Crippen LogP contribution in [0.1, 0.15) is 29.5 Å². The molecule has 4 amide bonds. The molecule has 1 aliphatic carbocycles. The van der Waals surface area contributed by atoms with E-state index in [-0.39, 0.29) is 42.6 Å². The van der Waals surface area contributed by atoms with Gasteiger partial charge in [0.1, 0.15) is 6.54 Å². The van der Waals surface area contributed by atoms with Crippen molar-refractivity contribution in [3.05, 3.63) is 41.0 Å². The normalized spacial score (nSPS) is 20.6. The van der Waals surface area contributed by atoms with Gasteiger partial charge in [0.2, 0.25) is 23.6 Å². The minimum atomic E-state index is -0.439. The summed E-state index contributed by atoms with van der Waals surface area (Å²) < 4.78 is 0. The first kappa shape index (κ1) is 20.8. The van der Waals surface area contributed by atoms with Crippen molar-refractivity contribution in [1.82, 2.24) is 9.80 Å². The number of aryl methyl sites for hydroxylation is 3. The SMILES string of the molecule is Cc1cc(C)c(NC(=O)CN(C)C(=O)CN2C(=O)[C@@H]3CC=CC[C@H]3C2=O)c(C)c1. The van der Waals surface area contributed by atoms with Crippen LogP contribution in [-0.2, 0) is 19.2 Å². The minimum absolute atomic E-state index is 0.157. The zero-order valence-corrected chi connectivity index (χ0v) is 17.3. The van der Waals surface area contributed by atoms with Crippen LogP contribution in [0, 0.1) is 32.6 Å². The fourth-order valence-electron chi connectivity index (χ4n) is 4.14. The topological polar surface area (TPSA) is 86.8 Å². The summed E-state index contributed by atoms with van der Waals surface area (Å²) in [5.41, 5.74) is 3.76. The Morgan fingerprint density at radius 3 is 2.07 bits per heavy atom. The number of likely N-dealkylation sites (tertiary alicyclic amines) is 1. The van der Waals surface area contributed by atoms with Gasteiger partial charge in [-0.3, -0.25) is 24.1 Å². The molecule has 7 nitrogen and oxygen atoms in total.